The third kappa shape index (κ3) is 10.4. The van der Waals surface area contributed by atoms with Gasteiger partial charge in [0.1, 0.15) is 24.4 Å². The molecule has 1 rings (SSSR count). The van der Waals surface area contributed by atoms with Gasteiger partial charge in [-0.1, -0.05) is 12.1 Å². The quantitative estimate of drug-likeness (QED) is 0.135. The van der Waals surface area contributed by atoms with Gasteiger partial charge in [0.25, 0.3) is 0 Å². The molecule has 0 spiro atoms. The first-order chi connectivity index (χ1) is 15.9. The number of phenols is 1. The smallest absolute Gasteiger partial charge is 0.322 e. The van der Waals surface area contributed by atoms with Gasteiger partial charge < -0.3 is 42.7 Å². The number of hydrogen-bond donors (Lipinski definition) is 8. The van der Waals surface area contributed by atoms with Crippen molar-refractivity contribution in [2.24, 2.45) is 11.5 Å². The highest BCUT2D eigenvalue weighted by Gasteiger charge is 2.29. The maximum absolute atomic E-state index is 12.9. The van der Waals surface area contributed by atoms with Crippen LogP contribution in [0.4, 0.5) is 0 Å². The van der Waals surface area contributed by atoms with E-state index in [4.69, 9.17) is 21.7 Å². The molecule has 0 radical (unpaired) electrons. The summed E-state index contributed by atoms with van der Waals surface area (Å²) in [5.74, 6) is -6.24. The lowest BCUT2D eigenvalue weighted by Gasteiger charge is -2.23. The van der Waals surface area contributed by atoms with Crippen LogP contribution in [-0.4, -0.2) is 75.6 Å². The summed E-state index contributed by atoms with van der Waals surface area (Å²) in [6.45, 7) is -0.768. The number of phenolic OH excluding ortho intramolecular Hbond substituents is 1. The van der Waals surface area contributed by atoms with Crippen LogP contribution >= 0.6 is 0 Å². The highest BCUT2D eigenvalue weighted by molar-refractivity contribution is 5.95. The molecule has 1 aromatic carbocycles. The number of carbonyl (C=O) groups excluding carboxylic acids is 4. The standard InChI is InChI=1S/C20H27N5O9/c21-12(5-6-16(28)29)18(32)24-13(7-10-1-3-11(26)4-2-10)20(34)25-14(8-15(22)27)19(33)23-9-17(30)31/h1-4,12-14,26H,5-9,21H2,(H2,22,27)(H,23,33)(H,24,32)(H,25,34)(H,28,29)(H,30,31). The van der Waals surface area contributed by atoms with Gasteiger partial charge in [0.2, 0.25) is 23.6 Å². The first-order valence-corrected chi connectivity index (χ1v) is 10.0. The molecule has 14 heteroatoms. The third-order valence-electron chi connectivity index (χ3n) is 4.47. The van der Waals surface area contributed by atoms with Crippen LogP contribution in [0.3, 0.4) is 0 Å². The molecule has 0 aliphatic heterocycles. The first-order valence-electron chi connectivity index (χ1n) is 10.0. The Balaban J connectivity index is 3.05. The molecule has 0 aromatic heterocycles. The number of amides is 4. The van der Waals surface area contributed by atoms with E-state index in [1.54, 1.807) is 0 Å². The molecule has 0 aliphatic rings. The molecule has 34 heavy (non-hydrogen) atoms. The van der Waals surface area contributed by atoms with Gasteiger partial charge in [0.15, 0.2) is 0 Å². The van der Waals surface area contributed by atoms with Crippen molar-refractivity contribution in [1.82, 2.24) is 16.0 Å². The van der Waals surface area contributed by atoms with Crippen LogP contribution in [0.15, 0.2) is 24.3 Å². The number of benzene rings is 1. The van der Waals surface area contributed by atoms with Crippen LogP contribution in [0.1, 0.15) is 24.8 Å². The van der Waals surface area contributed by atoms with Crippen LogP contribution in [-0.2, 0) is 35.2 Å². The van der Waals surface area contributed by atoms with Crippen molar-refractivity contribution in [3.8, 4) is 5.75 Å². The van der Waals surface area contributed by atoms with Gasteiger partial charge in [-0.3, -0.25) is 28.8 Å². The zero-order chi connectivity index (χ0) is 25.8. The van der Waals surface area contributed by atoms with Crippen LogP contribution in [0, 0.1) is 0 Å². The summed E-state index contributed by atoms with van der Waals surface area (Å²) in [7, 11) is 0. The number of rotatable bonds is 14. The lowest BCUT2D eigenvalue weighted by molar-refractivity contribution is -0.139. The van der Waals surface area contributed by atoms with E-state index in [0.717, 1.165) is 0 Å². The topological polar surface area (TPSA) is 251 Å². The van der Waals surface area contributed by atoms with Crippen LogP contribution in [0.2, 0.25) is 0 Å². The zero-order valence-corrected chi connectivity index (χ0v) is 18.0. The second-order valence-electron chi connectivity index (χ2n) is 7.31. The number of primary amides is 1. The summed E-state index contributed by atoms with van der Waals surface area (Å²) in [6, 6.07) is 1.56. The molecule has 3 atom stereocenters. The van der Waals surface area contributed by atoms with E-state index >= 15 is 0 Å². The average molecular weight is 481 g/mol. The van der Waals surface area contributed by atoms with Gasteiger partial charge in [0, 0.05) is 12.8 Å². The van der Waals surface area contributed by atoms with Crippen LogP contribution in [0.25, 0.3) is 0 Å². The summed E-state index contributed by atoms with van der Waals surface area (Å²) in [6.07, 6.45) is -1.34. The van der Waals surface area contributed by atoms with Crippen molar-refractivity contribution in [3.63, 3.8) is 0 Å². The highest BCUT2D eigenvalue weighted by Crippen LogP contribution is 2.12. The Morgan fingerprint density at radius 2 is 1.44 bits per heavy atom. The molecule has 10 N–H and O–H groups in total. The lowest BCUT2D eigenvalue weighted by Crippen LogP contribution is -2.57. The maximum Gasteiger partial charge on any atom is 0.322 e. The number of nitrogens with two attached hydrogens (primary N) is 2. The molecule has 0 saturated carbocycles. The minimum Gasteiger partial charge on any atom is -0.508 e. The molecular weight excluding hydrogens is 454 g/mol. The SMILES string of the molecule is NC(=O)CC(NC(=O)C(Cc1ccc(O)cc1)NC(=O)C(N)CCC(=O)O)C(=O)NCC(=O)O. The van der Waals surface area contributed by atoms with Crippen molar-refractivity contribution in [2.45, 2.75) is 43.8 Å². The Bertz CT molecular complexity index is 920. The summed E-state index contributed by atoms with van der Waals surface area (Å²) >= 11 is 0. The number of aromatic hydroxyl groups is 1. The predicted octanol–water partition coefficient (Wildman–Crippen LogP) is -2.83. The predicted molar refractivity (Wildman–Crippen MR) is 115 cm³/mol. The zero-order valence-electron chi connectivity index (χ0n) is 18.0. The number of carboxylic acids is 2. The Morgan fingerprint density at radius 1 is 0.853 bits per heavy atom. The van der Waals surface area contributed by atoms with Gasteiger partial charge in [0.05, 0.1) is 12.5 Å². The molecule has 0 bridgehead atoms. The van der Waals surface area contributed by atoms with E-state index in [1.165, 1.54) is 24.3 Å². The summed E-state index contributed by atoms with van der Waals surface area (Å²) < 4.78 is 0. The van der Waals surface area contributed by atoms with Gasteiger partial charge in [-0.2, -0.15) is 0 Å². The fourth-order valence-electron chi connectivity index (χ4n) is 2.73. The minimum absolute atomic E-state index is 0.0406. The monoisotopic (exact) mass is 481 g/mol. The fourth-order valence-corrected chi connectivity index (χ4v) is 2.73. The van der Waals surface area contributed by atoms with Crippen molar-refractivity contribution >= 4 is 35.6 Å². The van der Waals surface area contributed by atoms with E-state index < -0.39 is 66.7 Å². The number of carbonyl (C=O) groups is 6. The number of aliphatic carboxylic acids is 2. The van der Waals surface area contributed by atoms with Gasteiger partial charge in [-0.25, -0.2) is 0 Å². The maximum atomic E-state index is 12.9. The summed E-state index contributed by atoms with van der Waals surface area (Å²) in [4.78, 5) is 70.3. The van der Waals surface area contributed by atoms with E-state index in [1.807, 2.05) is 5.32 Å². The van der Waals surface area contributed by atoms with Crippen molar-refractivity contribution in [1.29, 1.82) is 0 Å². The normalized spacial score (nSPS) is 13.1. The first kappa shape index (κ1) is 27.8. The Hall–Kier alpha value is -4.20. The van der Waals surface area contributed by atoms with Crippen LogP contribution < -0.4 is 27.4 Å². The van der Waals surface area contributed by atoms with Crippen molar-refractivity contribution < 1.29 is 44.1 Å². The molecule has 186 valence electrons. The molecule has 0 heterocycles. The number of nitrogens with one attached hydrogen (secondary N) is 3. The molecule has 0 saturated heterocycles. The molecule has 4 amide bonds. The van der Waals surface area contributed by atoms with Gasteiger partial charge in [-0.05, 0) is 24.1 Å². The second kappa shape index (κ2) is 13.4. The Kier molecular flexibility index (Phi) is 10.9. The molecule has 14 nitrogen and oxygen atoms in total. The highest BCUT2D eigenvalue weighted by atomic mass is 16.4. The minimum atomic E-state index is -1.52. The third-order valence-corrected chi connectivity index (χ3v) is 4.47. The number of carboxylic acid groups (broad SMARTS) is 2. The second-order valence-corrected chi connectivity index (χ2v) is 7.31. The van der Waals surface area contributed by atoms with E-state index in [2.05, 4.69) is 10.6 Å². The average Bonchev–Trinajstić information content (AvgIpc) is 2.75. The molecule has 0 fully saturated rings. The Morgan fingerprint density at radius 3 is 1.97 bits per heavy atom. The van der Waals surface area contributed by atoms with Gasteiger partial charge >= 0.3 is 11.9 Å². The van der Waals surface area contributed by atoms with E-state index in [-0.39, 0.29) is 25.0 Å². The van der Waals surface area contributed by atoms with E-state index in [0.29, 0.717) is 5.56 Å². The molecule has 0 aliphatic carbocycles. The Labute approximate surface area is 193 Å². The number of hydrogen-bond acceptors (Lipinski definition) is 8. The molecular formula is C20H27N5O9. The summed E-state index contributed by atoms with van der Waals surface area (Å²) in [5.41, 5.74) is 11.3. The van der Waals surface area contributed by atoms with Crippen molar-refractivity contribution in [3.05, 3.63) is 29.8 Å². The van der Waals surface area contributed by atoms with Gasteiger partial charge in [-0.15, -0.1) is 0 Å². The summed E-state index contributed by atoms with van der Waals surface area (Å²) in [5, 5.41) is 33.5. The van der Waals surface area contributed by atoms with E-state index in [9.17, 15) is 33.9 Å². The fraction of sp³-hybridized carbons (Fsp3) is 0.400. The van der Waals surface area contributed by atoms with Crippen molar-refractivity contribution in [2.75, 3.05) is 6.54 Å². The van der Waals surface area contributed by atoms with Crippen LogP contribution in [0.5, 0.6) is 5.75 Å². The molecule has 3 unspecified atom stereocenters. The largest absolute Gasteiger partial charge is 0.508 e. The lowest BCUT2D eigenvalue weighted by atomic mass is 10.0. The molecule has 1 aromatic rings.